The van der Waals surface area contributed by atoms with Crippen LogP contribution >= 0.6 is 0 Å². The van der Waals surface area contributed by atoms with Gasteiger partial charge in [-0.25, -0.2) is 4.79 Å². The number of hydrogen-bond donors (Lipinski definition) is 1. The van der Waals surface area contributed by atoms with Crippen LogP contribution < -0.4 is 5.32 Å². The van der Waals surface area contributed by atoms with Crippen molar-refractivity contribution in [3.8, 4) is 0 Å². The molecule has 1 N–H and O–H groups in total. The Labute approximate surface area is 154 Å². The SMILES string of the molecule is CCCCCOC(=O)c1ccc(NC(=O)/C=C/c2ccc(C)cc2)cc1. The topological polar surface area (TPSA) is 55.4 Å². The van der Waals surface area contributed by atoms with E-state index in [0.717, 1.165) is 24.8 Å². The van der Waals surface area contributed by atoms with Crippen molar-refractivity contribution in [2.24, 2.45) is 0 Å². The van der Waals surface area contributed by atoms with E-state index in [4.69, 9.17) is 4.74 Å². The normalized spacial score (nSPS) is 10.7. The van der Waals surface area contributed by atoms with E-state index in [-0.39, 0.29) is 11.9 Å². The van der Waals surface area contributed by atoms with Crippen molar-refractivity contribution in [2.45, 2.75) is 33.1 Å². The number of rotatable bonds is 8. The van der Waals surface area contributed by atoms with E-state index < -0.39 is 0 Å². The van der Waals surface area contributed by atoms with Crippen LogP contribution in [0.1, 0.15) is 47.7 Å². The van der Waals surface area contributed by atoms with E-state index in [2.05, 4.69) is 12.2 Å². The molecule has 0 spiro atoms. The molecule has 0 radical (unpaired) electrons. The van der Waals surface area contributed by atoms with Gasteiger partial charge in [0.2, 0.25) is 5.91 Å². The standard InChI is InChI=1S/C22H25NO3/c1-3-4-5-16-26-22(25)19-11-13-20(14-12-19)23-21(24)15-10-18-8-6-17(2)7-9-18/h6-15H,3-5,16H2,1-2H3,(H,23,24)/b15-10+. The van der Waals surface area contributed by atoms with E-state index in [1.807, 2.05) is 31.2 Å². The Morgan fingerprint density at radius 3 is 2.35 bits per heavy atom. The number of carbonyl (C=O) groups is 2. The van der Waals surface area contributed by atoms with Crippen molar-refractivity contribution in [2.75, 3.05) is 11.9 Å². The number of hydrogen-bond acceptors (Lipinski definition) is 3. The molecule has 2 rings (SSSR count). The van der Waals surface area contributed by atoms with Crippen molar-refractivity contribution in [3.63, 3.8) is 0 Å². The molecule has 0 aliphatic rings. The zero-order valence-corrected chi connectivity index (χ0v) is 15.3. The number of amides is 1. The lowest BCUT2D eigenvalue weighted by atomic mass is 10.1. The molecule has 4 nitrogen and oxygen atoms in total. The number of anilines is 1. The van der Waals surface area contributed by atoms with E-state index >= 15 is 0 Å². The smallest absolute Gasteiger partial charge is 0.338 e. The summed E-state index contributed by atoms with van der Waals surface area (Å²) in [6.07, 6.45) is 6.26. The molecule has 0 saturated heterocycles. The third-order valence-electron chi connectivity index (χ3n) is 3.87. The van der Waals surface area contributed by atoms with Crippen LogP contribution in [-0.2, 0) is 9.53 Å². The van der Waals surface area contributed by atoms with Crippen molar-refractivity contribution in [1.82, 2.24) is 0 Å². The van der Waals surface area contributed by atoms with Crippen LogP contribution in [0, 0.1) is 6.92 Å². The average molecular weight is 351 g/mol. The van der Waals surface area contributed by atoms with Crippen LogP contribution in [0.25, 0.3) is 6.08 Å². The molecule has 2 aromatic rings. The van der Waals surface area contributed by atoms with Gasteiger partial charge in [-0.3, -0.25) is 4.79 Å². The number of nitrogens with one attached hydrogen (secondary N) is 1. The Morgan fingerprint density at radius 2 is 1.69 bits per heavy atom. The lowest BCUT2D eigenvalue weighted by molar-refractivity contribution is -0.111. The molecular formula is C22H25NO3. The fourth-order valence-electron chi connectivity index (χ4n) is 2.32. The first-order valence-electron chi connectivity index (χ1n) is 8.91. The first kappa shape index (κ1) is 19.4. The Morgan fingerprint density at radius 1 is 1.00 bits per heavy atom. The fourth-order valence-corrected chi connectivity index (χ4v) is 2.32. The van der Waals surface area contributed by atoms with Gasteiger partial charge in [0.25, 0.3) is 0 Å². The molecule has 136 valence electrons. The maximum Gasteiger partial charge on any atom is 0.338 e. The highest BCUT2D eigenvalue weighted by Crippen LogP contribution is 2.12. The largest absolute Gasteiger partial charge is 0.462 e. The van der Waals surface area contributed by atoms with Crippen LogP contribution in [-0.4, -0.2) is 18.5 Å². The second-order valence-corrected chi connectivity index (χ2v) is 6.15. The second kappa shape index (κ2) is 10.2. The summed E-state index contributed by atoms with van der Waals surface area (Å²) in [5.74, 6) is -0.557. The van der Waals surface area contributed by atoms with Crippen LogP contribution in [0.4, 0.5) is 5.69 Å². The second-order valence-electron chi connectivity index (χ2n) is 6.15. The third-order valence-corrected chi connectivity index (χ3v) is 3.87. The zero-order chi connectivity index (χ0) is 18.8. The highest BCUT2D eigenvalue weighted by atomic mass is 16.5. The van der Waals surface area contributed by atoms with Crippen molar-refractivity contribution in [3.05, 3.63) is 71.3 Å². The predicted octanol–water partition coefficient (Wildman–Crippen LogP) is 4.99. The summed E-state index contributed by atoms with van der Waals surface area (Å²) in [7, 11) is 0. The molecule has 0 aliphatic carbocycles. The van der Waals surface area contributed by atoms with Crippen molar-refractivity contribution >= 4 is 23.6 Å². The van der Waals surface area contributed by atoms with Gasteiger partial charge in [-0.1, -0.05) is 49.6 Å². The van der Waals surface area contributed by atoms with Crippen LogP contribution in [0.15, 0.2) is 54.6 Å². The number of aryl methyl sites for hydroxylation is 1. The monoisotopic (exact) mass is 351 g/mol. The Hall–Kier alpha value is -2.88. The summed E-state index contributed by atoms with van der Waals surface area (Å²) < 4.78 is 5.21. The predicted molar refractivity (Wildman–Crippen MR) is 105 cm³/mol. The highest BCUT2D eigenvalue weighted by Gasteiger charge is 2.07. The van der Waals surface area contributed by atoms with Gasteiger partial charge < -0.3 is 10.1 Å². The lowest BCUT2D eigenvalue weighted by Crippen LogP contribution is -2.09. The van der Waals surface area contributed by atoms with Crippen LogP contribution in [0.5, 0.6) is 0 Å². The summed E-state index contributed by atoms with van der Waals surface area (Å²) >= 11 is 0. The fraction of sp³-hybridized carbons (Fsp3) is 0.273. The molecule has 0 unspecified atom stereocenters. The average Bonchev–Trinajstić information content (AvgIpc) is 2.65. The van der Waals surface area contributed by atoms with Gasteiger partial charge in [0, 0.05) is 11.8 Å². The van der Waals surface area contributed by atoms with Crippen LogP contribution in [0.3, 0.4) is 0 Å². The lowest BCUT2D eigenvalue weighted by Gasteiger charge is -2.06. The van der Waals surface area contributed by atoms with E-state index in [1.165, 1.54) is 11.6 Å². The Bertz CT molecular complexity index is 746. The minimum atomic E-state index is -0.335. The molecule has 0 aromatic heterocycles. The first-order chi connectivity index (χ1) is 12.6. The maximum atomic E-state index is 12.0. The molecule has 0 fully saturated rings. The highest BCUT2D eigenvalue weighted by molar-refractivity contribution is 6.02. The van der Waals surface area contributed by atoms with Gasteiger partial charge in [-0.05, 0) is 49.2 Å². The molecule has 4 heteroatoms. The molecular weight excluding hydrogens is 326 g/mol. The van der Waals surface area contributed by atoms with Gasteiger partial charge >= 0.3 is 5.97 Å². The zero-order valence-electron chi connectivity index (χ0n) is 15.3. The number of esters is 1. The molecule has 2 aromatic carbocycles. The van der Waals surface area contributed by atoms with Gasteiger partial charge in [0.1, 0.15) is 0 Å². The minimum Gasteiger partial charge on any atom is -0.462 e. The van der Waals surface area contributed by atoms with Crippen LogP contribution in [0.2, 0.25) is 0 Å². The summed E-state index contributed by atoms with van der Waals surface area (Å²) in [5.41, 5.74) is 3.25. The number of unbranched alkanes of at least 4 members (excludes halogenated alkanes) is 2. The molecule has 0 saturated carbocycles. The van der Waals surface area contributed by atoms with E-state index in [0.29, 0.717) is 17.9 Å². The van der Waals surface area contributed by atoms with E-state index in [1.54, 1.807) is 30.3 Å². The Balaban J connectivity index is 1.85. The van der Waals surface area contributed by atoms with E-state index in [9.17, 15) is 9.59 Å². The summed E-state index contributed by atoms with van der Waals surface area (Å²) in [6, 6.07) is 14.6. The molecule has 0 bridgehead atoms. The number of ether oxygens (including phenoxy) is 1. The third kappa shape index (κ3) is 6.55. The Kier molecular flexibility index (Phi) is 7.62. The van der Waals surface area contributed by atoms with Crippen molar-refractivity contribution in [1.29, 1.82) is 0 Å². The van der Waals surface area contributed by atoms with Gasteiger partial charge in [-0.15, -0.1) is 0 Å². The summed E-state index contributed by atoms with van der Waals surface area (Å²) in [6.45, 7) is 4.56. The first-order valence-corrected chi connectivity index (χ1v) is 8.91. The molecule has 26 heavy (non-hydrogen) atoms. The quantitative estimate of drug-likeness (QED) is 0.414. The molecule has 1 amide bonds. The molecule has 0 atom stereocenters. The van der Waals surface area contributed by atoms with Crippen molar-refractivity contribution < 1.29 is 14.3 Å². The molecule has 0 heterocycles. The van der Waals surface area contributed by atoms with Gasteiger partial charge in [0.15, 0.2) is 0 Å². The number of benzene rings is 2. The van der Waals surface area contributed by atoms with Gasteiger partial charge in [0.05, 0.1) is 12.2 Å². The van der Waals surface area contributed by atoms with Gasteiger partial charge in [-0.2, -0.15) is 0 Å². The summed E-state index contributed by atoms with van der Waals surface area (Å²) in [4.78, 5) is 23.9. The number of carbonyl (C=O) groups excluding carboxylic acids is 2. The minimum absolute atomic E-state index is 0.222. The maximum absolute atomic E-state index is 12.0. The molecule has 0 aliphatic heterocycles. The summed E-state index contributed by atoms with van der Waals surface area (Å²) in [5, 5.41) is 2.77.